The summed E-state index contributed by atoms with van der Waals surface area (Å²) in [5, 5.41) is 0. The minimum Gasteiger partial charge on any atom is -0.326 e. The zero-order valence-electron chi connectivity index (χ0n) is 11.4. The van der Waals surface area contributed by atoms with Gasteiger partial charge in [-0.25, -0.2) is 13.1 Å². The average Bonchev–Trinajstić information content (AvgIpc) is 2.37. The van der Waals surface area contributed by atoms with Crippen molar-refractivity contribution in [3.05, 3.63) is 35.4 Å². The molecule has 0 aliphatic carbocycles. The second-order valence-electron chi connectivity index (χ2n) is 4.46. The van der Waals surface area contributed by atoms with Gasteiger partial charge in [-0.1, -0.05) is 31.2 Å². The quantitative estimate of drug-likeness (QED) is 0.767. The third kappa shape index (κ3) is 5.95. The second kappa shape index (κ2) is 7.89. The van der Waals surface area contributed by atoms with Crippen molar-refractivity contribution in [2.45, 2.75) is 31.7 Å². The Morgan fingerprint density at radius 2 is 2.05 bits per heavy atom. The highest BCUT2D eigenvalue weighted by molar-refractivity contribution is 7.98. The maximum Gasteiger partial charge on any atom is 0.216 e. The van der Waals surface area contributed by atoms with E-state index in [9.17, 15) is 8.42 Å². The number of rotatable bonds is 8. The van der Waals surface area contributed by atoms with Crippen molar-refractivity contribution in [3.63, 3.8) is 0 Å². The SMILES string of the molecule is CCC(CSC)NS(=O)(=O)Cc1cccc(CN)c1. The topological polar surface area (TPSA) is 72.2 Å². The van der Waals surface area contributed by atoms with Gasteiger partial charge in [0.25, 0.3) is 0 Å². The Morgan fingerprint density at radius 3 is 2.63 bits per heavy atom. The Bertz CT molecular complexity index is 489. The molecule has 0 heterocycles. The minimum absolute atomic E-state index is 0.00214. The van der Waals surface area contributed by atoms with Crippen molar-refractivity contribution in [1.82, 2.24) is 4.72 Å². The first-order valence-corrected chi connectivity index (χ1v) is 9.32. The van der Waals surface area contributed by atoms with E-state index >= 15 is 0 Å². The molecule has 0 fully saturated rings. The average molecular weight is 302 g/mol. The molecule has 0 spiro atoms. The van der Waals surface area contributed by atoms with E-state index in [0.29, 0.717) is 6.54 Å². The van der Waals surface area contributed by atoms with Crippen LogP contribution < -0.4 is 10.5 Å². The summed E-state index contributed by atoms with van der Waals surface area (Å²) in [4.78, 5) is 0. The third-order valence-electron chi connectivity index (χ3n) is 2.79. The molecule has 0 radical (unpaired) electrons. The summed E-state index contributed by atoms with van der Waals surface area (Å²) in [5.41, 5.74) is 7.28. The van der Waals surface area contributed by atoms with E-state index in [4.69, 9.17) is 5.73 Å². The predicted molar refractivity (Wildman–Crippen MR) is 82.6 cm³/mol. The molecule has 0 aromatic heterocycles. The van der Waals surface area contributed by atoms with Crippen LogP contribution >= 0.6 is 11.8 Å². The van der Waals surface area contributed by atoms with Crippen LogP contribution in [0.3, 0.4) is 0 Å². The van der Waals surface area contributed by atoms with Crippen LogP contribution in [0.4, 0.5) is 0 Å². The lowest BCUT2D eigenvalue weighted by Crippen LogP contribution is -2.36. The maximum absolute atomic E-state index is 12.1. The highest BCUT2D eigenvalue weighted by atomic mass is 32.2. The van der Waals surface area contributed by atoms with Crippen LogP contribution in [0.5, 0.6) is 0 Å². The van der Waals surface area contributed by atoms with Crippen LogP contribution in [0, 0.1) is 0 Å². The largest absolute Gasteiger partial charge is 0.326 e. The fourth-order valence-corrected chi connectivity index (χ4v) is 4.08. The van der Waals surface area contributed by atoms with Gasteiger partial charge in [0.1, 0.15) is 0 Å². The second-order valence-corrected chi connectivity index (χ2v) is 7.13. The molecule has 108 valence electrons. The van der Waals surface area contributed by atoms with Crippen LogP contribution in [0.15, 0.2) is 24.3 Å². The third-order valence-corrected chi connectivity index (χ3v) is 4.93. The van der Waals surface area contributed by atoms with E-state index < -0.39 is 10.0 Å². The number of hydrogen-bond acceptors (Lipinski definition) is 4. The lowest BCUT2D eigenvalue weighted by molar-refractivity contribution is 0.557. The first-order valence-electron chi connectivity index (χ1n) is 6.27. The van der Waals surface area contributed by atoms with Gasteiger partial charge in [0.05, 0.1) is 5.75 Å². The molecule has 1 aromatic carbocycles. The van der Waals surface area contributed by atoms with Gasteiger partial charge in [-0.3, -0.25) is 0 Å². The van der Waals surface area contributed by atoms with Crippen molar-refractivity contribution >= 4 is 21.8 Å². The van der Waals surface area contributed by atoms with E-state index in [1.807, 2.05) is 37.4 Å². The first-order chi connectivity index (χ1) is 9.00. The molecule has 1 rings (SSSR count). The molecule has 0 amide bonds. The van der Waals surface area contributed by atoms with E-state index in [1.54, 1.807) is 11.8 Å². The minimum atomic E-state index is -3.30. The zero-order valence-corrected chi connectivity index (χ0v) is 13.1. The summed E-state index contributed by atoms with van der Waals surface area (Å²) < 4.78 is 26.9. The van der Waals surface area contributed by atoms with Crippen LogP contribution in [0.2, 0.25) is 0 Å². The van der Waals surface area contributed by atoms with Gasteiger partial charge in [-0.15, -0.1) is 0 Å². The number of thioether (sulfide) groups is 1. The molecule has 1 unspecified atom stereocenters. The lowest BCUT2D eigenvalue weighted by Gasteiger charge is -2.16. The van der Waals surface area contributed by atoms with Crippen molar-refractivity contribution in [1.29, 1.82) is 0 Å². The van der Waals surface area contributed by atoms with Gasteiger partial charge in [0.2, 0.25) is 10.0 Å². The molecule has 0 saturated carbocycles. The molecule has 1 aromatic rings. The summed E-state index contributed by atoms with van der Waals surface area (Å²) >= 11 is 1.64. The number of benzene rings is 1. The predicted octanol–water partition coefficient (Wildman–Crippen LogP) is 1.71. The van der Waals surface area contributed by atoms with Crippen LogP contribution in [0.25, 0.3) is 0 Å². The Morgan fingerprint density at radius 1 is 1.37 bits per heavy atom. The molecule has 6 heteroatoms. The smallest absolute Gasteiger partial charge is 0.216 e. The number of nitrogens with two attached hydrogens (primary N) is 1. The van der Waals surface area contributed by atoms with Crippen molar-refractivity contribution in [2.75, 3.05) is 12.0 Å². The standard InChI is InChI=1S/C13H22N2O2S2/c1-3-13(9-18-2)15-19(16,17)10-12-6-4-5-11(7-12)8-14/h4-7,13,15H,3,8-10,14H2,1-2H3. The fourth-order valence-electron chi connectivity index (χ4n) is 1.80. The fraction of sp³-hybridized carbons (Fsp3) is 0.538. The molecular weight excluding hydrogens is 280 g/mol. The zero-order chi connectivity index (χ0) is 14.3. The molecule has 19 heavy (non-hydrogen) atoms. The Kier molecular flexibility index (Phi) is 6.85. The Hall–Kier alpha value is -0.560. The van der Waals surface area contributed by atoms with Gasteiger partial charge < -0.3 is 5.73 Å². The van der Waals surface area contributed by atoms with Crippen LogP contribution in [-0.2, 0) is 22.3 Å². The summed E-state index contributed by atoms with van der Waals surface area (Å²) in [6.07, 6.45) is 2.77. The maximum atomic E-state index is 12.1. The monoisotopic (exact) mass is 302 g/mol. The first kappa shape index (κ1) is 16.5. The molecule has 0 bridgehead atoms. The molecule has 4 nitrogen and oxygen atoms in total. The molecule has 1 atom stereocenters. The summed E-state index contributed by atoms with van der Waals surface area (Å²) in [6.45, 7) is 2.41. The molecule has 0 saturated heterocycles. The van der Waals surface area contributed by atoms with Crippen LogP contribution in [-0.4, -0.2) is 26.5 Å². The molecule has 0 aliphatic rings. The Balaban J connectivity index is 2.72. The summed E-state index contributed by atoms with van der Waals surface area (Å²) in [6, 6.07) is 7.39. The highest BCUT2D eigenvalue weighted by Gasteiger charge is 2.16. The van der Waals surface area contributed by atoms with Crippen LogP contribution in [0.1, 0.15) is 24.5 Å². The van der Waals surface area contributed by atoms with Gasteiger partial charge >= 0.3 is 0 Å². The van der Waals surface area contributed by atoms with E-state index in [1.165, 1.54) is 0 Å². The van der Waals surface area contributed by atoms with Crippen molar-refractivity contribution < 1.29 is 8.42 Å². The van der Waals surface area contributed by atoms with Gasteiger partial charge in [0, 0.05) is 18.3 Å². The summed E-state index contributed by atoms with van der Waals surface area (Å²) in [7, 11) is -3.30. The van der Waals surface area contributed by atoms with E-state index in [-0.39, 0.29) is 11.8 Å². The number of nitrogens with one attached hydrogen (secondary N) is 1. The summed E-state index contributed by atoms with van der Waals surface area (Å²) in [5.74, 6) is 0.796. The lowest BCUT2D eigenvalue weighted by atomic mass is 10.1. The molecule has 0 aliphatic heterocycles. The van der Waals surface area contributed by atoms with Gasteiger partial charge in [-0.2, -0.15) is 11.8 Å². The number of sulfonamides is 1. The van der Waals surface area contributed by atoms with Crippen molar-refractivity contribution in [3.8, 4) is 0 Å². The van der Waals surface area contributed by atoms with Gasteiger partial charge in [-0.05, 0) is 23.8 Å². The highest BCUT2D eigenvalue weighted by Crippen LogP contribution is 2.10. The van der Waals surface area contributed by atoms with E-state index in [0.717, 1.165) is 23.3 Å². The normalized spacial score (nSPS) is 13.4. The van der Waals surface area contributed by atoms with Crippen molar-refractivity contribution in [2.24, 2.45) is 5.73 Å². The number of hydrogen-bond donors (Lipinski definition) is 2. The van der Waals surface area contributed by atoms with Gasteiger partial charge in [0.15, 0.2) is 0 Å². The molecule has 3 N–H and O–H groups in total. The van der Waals surface area contributed by atoms with E-state index in [2.05, 4.69) is 4.72 Å². The molecular formula is C13H22N2O2S2. The Labute approximate surface area is 120 Å².